The molecule has 0 atom stereocenters. The normalized spacial score (nSPS) is 19.9. The number of nitrogens with one attached hydrogen (secondary N) is 1. The lowest BCUT2D eigenvalue weighted by molar-refractivity contribution is -0.121. The van der Waals surface area contributed by atoms with Crippen LogP contribution in [0.25, 0.3) is 21.5 Å². The third-order valence-corrected chi connectivity index (χ3v) is 5.96. The highest BCUT2D eigenvalue weighted by atomic mass is 32.1. The molecule has 1 fully saturated rings. The van der Waals surface area contributed by atoms with E-state index in [1.807, 2.05) is 19.1 Å². The van der Waals surface area contributed by atoms with Crippen molar-refractivity contribution in [2.24, 2.45) is 11.8 Å². The van der Waals surface area contributed by atoms with Crippen LogP contribution in [0.1, 0.15) is 30.7 Å². The van der Waals surface area contributed by atoms with Gasteiger partial charge >= 0.3 is 0 Å². The van der Waals surface area contributed by atoms with Gasteiger partial charge in [-0.05, 0) is 50.7 Å². The number of carbonyl (C=O) groups excluding carboxylic acids is 1. The molecule has 3 heterocycles. The number of nitrogens with zero attached hydrogens (tertiary/aromatic N) is 4. The zero-order valence-corrected chi connectivity index (χ0v) is 15.9. The van der Waals surface area contributed by atoms with Crippen molar-refractivity contribution in [2.45, 2.75) is 32.6 Å². The second kappa shape index (κ2) is 7.66. The monoisotopic (exact) mass is 383 g/mol. The Kier molecular flexibility index (Phi) is 5.09. The van der Waals surface area contributed by atoms with Crippen LogP contribution in [-0.2, 0) is 4.79 Å². The van der Waals surface area contributed by atoms with Crippen molar-refractivity contribution in [1.82, 2.24) is 20.2 Å². The molecule has 3 aromatic heterocycles. The zero-order chi connectivity index (χ0) is 18.8. The average Bonchev–Trinajstić information content (AvgIpc) is 3.14. The Morgan fingerprint density at radius 1 is 1.19 bits per heavy atom. The Balaban J connectivity index is 1.51. The standard InChI is InChI=1S/C19H21N5O2S/c1-11-23-24-19(27-11)15-6-14-7-17(21-9-16(14)20-8-15)22-18(26)13-4-2-12(10-25)3-5-13/h6-9,12-13,25H,2-5,10H2,1H3,(H,21,22,26). The predicted octanol–water partition coefficient (Wildman–Crippen LogP) is 3.19. The fourth-order valence-corrected chi connectivity index (χ4v) is 4.14. The van der Waals surface area contributed by atoms with Crippen molar-refractivity contribution in [1.29, 1.82) is 0 Å². The number of hydrogen-bond acceptors (Lipinski definition) is 7. The number of aromatic nitrogens is 4. The number of aryl methyl sites for hydroxylation is 1. The van der Waals surface area contributed by atoms with E-state index in [4.69, 9.17) is 0 Å². The van der Waals surface area contributed by atoms with Crippen LogP contribution in [-0.4, -0.2) is 37.8 Å². The van der Waals surface area contributed by atoms with Crippen molar-refractivity contribution in [3.63, 3.8) is 0 Å². The molecule has 0 aliphatic heterocycles. The number of rotatable bonds is 4. The Morgan fingerprint density at radius 3 is 2.70 bits per heavy atom. The molecule has 0 bridgehead atoms. The summed E-state index contributed by atoms with van der Waals surface area (Å²) in [4.78, 5) is 21.3. The SMILES string of the molecule is Cc1nnc(-c2cnc3cnc(NC(=O)C4CCC(CO)CC4)cc3c2)s1. The summed E-state index contributed by atoms with van der Waals surface area (Å²) in [6, 6.07) is 3.84. The molecule has 0 unspecified atom stereocenters. The molecule has 1 aliphatic rings. The van der Waals surface area contributed by atoms with E-state index in [2.05, 4.69) is 25.5 Å². The molecule has 27 heavy (non-hydrogen) atoms. The number of fused-ring (bicyclic) bond motifs is 1. The van der Waals surface area contributed by atoms with Crippen LogP contribution in [0.5, 0.6) is 0 Å². The highest BCUT2D eigenvalue weighted by molar-refractivity contribution is 7.14. The van der Waals surface area contributed by atoms with Gasteiger partial charge in [-0.15, -0.1) is 10.2 Å². The second-order valence-corrected chi connectivity index (χ2v) is 8.18. The van der Waals surface area contributed by atoms with Gasteiger partial charge in [-0.3, -0.25) is 9.78 Å². The Labute approximate surface area is 160 Å². The van der Waals surface area contributed by atoms with Crippen molar-refractivity contribution >= 4 is 34.0 Å². The van der Waals surface area contributed by atoms with E-state index in [-0.39, 0.29) is 18.4 Å². The Morgan fingerprint density at radius 2 is 2.00 bits per heavy atom. The first-order valence-electron chi connectivity index (χ1n) is 9.10. The minimum Gasteiger partial charge on any atom is -0.396 e. The van der Waals surface area contributed by atoms with Crippen LogP contribution in [0.4, 0.5) is 5.82 Å². The van der Waals surface area contributed by atoms with Crippen LogP contribution in [0.3, 0.4) is 0 Å². The summed E-state index contributed by atoms with van der Waals surface area (Å²) in [7, 11) is 0. The molecule has 1 amide bonds. The summed E-state index contributed by atoms with van der Waals surface area (Å²) in [5, 5.41) is 23.0. The van der Waals surface area contributed by atoms with Gasteiger partial charge in [-0.1, -0.05) is 11.3 Å². The zero-order valence-electron chi connectivity index (χ0n) is 15.1. The van der Waals surface area contributed by atoms with E-state index in [0.29, 0.717) is 11.7 Å². The number of pyridine rings is 2. The quantitative estimate of drug-likeness (QED) is 0.717. The maximum absolute atomic E-state index is 12.5. The van der Waals surface area contributed by atoms with Crippen LogP contribution in [0, 0.1) is 18.8 Å². The van der Waals surface area contributed by atoms with E-state index in [9.17, 15) is 9.90 Å². The van der Waals surface area contributed by atoms with Gasteiger partial charge in [0.05, 0.1) is 11.7 Å². The van der Waals surface area contributed by atoms with Crippen LogP contribution < -0.4 is 5.32 Å². The second-order valence-electron chi connectivity index (χ2n) is 7.00. The molecule has 2 N–H and O–H groups in total. The minimum atomic E-state index is -0.0147. The summed E-state index contributed by atoms with van der Waals surface area (Å²) in [6.45, 7) is 2.13. The highest BCUT2D eigenvalue weighted by Crippen LogP contribution is 2.30. The summed E-state index contributed by atoms with van der Waals surface area (Å²) in [5.74, 6) is 0.853. The van der Waals surface area contributed by atoms with Crippen LogP contribution >= 0.6 is 11.3 Å². The largest absolute Gasteiger partial charge is 0.396 e. The fourth-order valence-electron chi connectivity index (χ4n) is 3.47. The molecule has 8 heteroatoms. The molecule has 0 aromatic carbocycles. The number of hydrogen-bond donors (Lipinski definition) is 2. The van der Waals surface area contributed by atoms with Gasteiger partial charge in [-0.25, -0.2) is 4.98 Å². The van der Waals surface area contributed by atoms with Crippen LogP contribution in [0.2, 0.25) is 0 Å². The molecule has 140 valence electrons. The first-order valence-corrected chi connectivity index (χ1v) is 9.92. The summed E-state index contributed by atoms with van der Waals surface area (Å²) in [6.07, 6.45) is 6.85. The van der Waals surface area contributed by atoms with Gasteiger partial charge in [0.2, 0.25) is 5.91 Å². The van der Waals surface area contributed by atoms with E-state index >= 15 is 0 Å². The maximum Gasteiger partial charge on any atom is 0.228 e. The van der Waals surface area contributed by atoms with Gasteiger partial charge in [0.25, 0.3) is 0 Å². The van der Waals surface area contributed by atoms with E-state index < -0.39 is 0 Å². The smallest absolute Gasteiger partial charge is 0.228 e. The number of carbonyl (C=O) groups is 1. The lowest BCUT2D eigenvalue weighted by atomic mass is 9.82. The number of aliphatic hydroxyl groups excluding tert-OH is 1. The summed E-state index contributed by atoms with van der Waals surface area (Å²) < 4.78 is 0. The number of anilines is 1. The maximum atomic E-state index is 12.5. The molecule has 1 aliphatic carbocycles. The summed E-state index contributed by atoms with van der Waals surface area (Å²) in [5.41, 5.74) is 1.67. The van der Waals surface area contributed by atoms with E-state index in [1.165, 1.54) is 11.3 Å². The van der Waals surface area contributed by atoms with Crippen LogP contribution in [0.15, 0.2) is 24.5 Å². The third kappa shape index (κ3) is 3.96. The molecule has 1 saturated carbocycles. The van der Waals surface area contributed by atoms with Gasteiger partial charge < -0.3 is 10.4 Å². The predicted molar refractivity (Wildman–Crippen MR) is 104 cm³/mol. The van der Waals surface area contributed by atoms with Crippen molar-refractivity contribution in [3.8, 4) is 10.6 Å². The molecule has 4 rings (SSSR count). The fraction of sp³-hybridized carbons (Fsp3) is 0.421. The molecule has 0 saturated heterocycles. The molecule has 3 aromatic rings. The van der Waals surface area contributed by atoms with Gasteiger partial charge in [0, 0.05) is 29.7 Å². The molecule has 0 radical (unpaired) electrons. The van der Waals surface area contributed by atoms with Gasteiger partial charge in [0.15, 0.2) is 0 Å². The van der Waals surface area contributed by atoms with Crippen molar-refractivity contribution in [2.75, 3.05) is 11.9 Å². The Hall–Kier alpha value is -2.45. The van der Waals surface area contributed by atoms with Gasteiger partial charge in [-0.2, -0.15) is 0 Å². The van der Waals surface area contributed by atoms with Crippen molar-refractivity contribution < 1.29 is 9.90 Å². The van der Waals surface area contributed by atoms with Gasteiger partial charge in [0.1, 0.15) is 15.8 Å². The molecular formula is C19H21N5O2S. The highest BCUT2D eigenvalue weighted by Gasteiger charge is 2.26. The lowest BCUT2D eigenvalue weighted by Crippen LogP contribution is -2.28. The minimum absolute atomic E-state index is 0.00195. The first kappa shape index (κ1) is 17.9. The average molecular weight is 383 g/mol. The number of amides is 1. The molecular weight excluding hydrogens is 362 g/mol. The number of aliphatic hydroxyl groups is 1. The Bertz CT molecular complexity index is 966. The first-order chi connectivity index (χ1) is 13.1. The molecule has 7 nitrogen and oxygen atoms in total. The topological polar surface area (TPSA) is 101 Å². The molecule has 0 spiro atoms. The third-order valence-electron chi connectivity index (χ3n) is 5.07. The van der Waals surface area contributed by atoms with E-state index in [0.717, 1.165) is 52.2 Å². The lowest BCUT2D eigenvalue weighted by Gasteiger charge is -2.26. The summed E-state index contributed by atoms with van der Waals surface area (Å²) >= 11 is 1.52. The van der Waals surface area contributed by atoms with Crippen molar-refractivity contribution in [3.05, 3.63) is 29.5 Å². The van der Waals surface area contributed by atoms with E-state index in [1.54, 1.807) is 12.4 Å².